The Bertz CT molecular complexity index is 1090. The molecule has 0 spiro atoms. The quantitative estimate of drug-likeness (QED) is 0.570. The molecule has 0 aliphatic rings. The summed E-state index contributed by atoms with van der Waals surface area (Å²) >= 11 is 12.0. The third-order valence-electron chi connectivity index (χ3n) is 4.82. The normalized spacial score (nSPS) is 12.2. The van der Waals surface area contributed by atoms with Crippen LogP contribution in [0.4, 0.5) is 5.69 Å². The van der Waals surface area contributed by atoms with E-state index in [0.29, 0.717) is 6.54 Å². The number of carbonyl (C=O) groups excluding carboxylic acids is 2. The first-order chi connectivity index (χ1) is 14.9. The van der Waals surface area contributed by atoms with Gasteiger partial charge >= 0.3 is 0 Å². The second kappa shape index (κ2) is 11.0. The molecule has 0 aromatic heterocycles. The second-order valence-electron chi connectivity index (χ2n) is 7.45. The Labute approximate surface area is 199 Å². The van der Waals surface area contributed by atoms with E-state index in [4.69, 9.17) is 23.2 Å². The molecule has 0 fully saturated rings. The third-order valence-corrected chi connectivity index (χ3v) is 6.70. The van der Waals surface area contributed by atoms with Crippen LogP contribution in [0.5, 0.6) is 0 Å². The summed E-state index contributed by atoms with van der Waals surface area (Å²) in [5, 5.41) is 3.14. The van der Waals surface area contributed by atoms with Crippen LogP contribution in [-0.4, -0.2) is 50.5 Å². The Kier molecular flexibility index (Phi) is 8.95. The molecule has 32 heavy (non-hydrogen) atoms. The molecule has 0 bridgehead atoms. The Morgan fingerprint density at radius 3 is 2.34 bits per heavy atom. The van der Waals surface area contributed by atoms with E-state index >= 15 is 0 Å². The number of hydrogen-bond donors (Lipinski definition) is 1. The number of amides is 2. The number of likely N-dealkylation sites (N-methyl/N-ethyl adjacent to an activating group) is 1. The SMILES string of the molecule is CCNC(=O)[C@@H](C)N(Cc1cccc(C)c1)C(=O)CN(c1ccc(Cl)c(Cl)c1)S(C)(=O)=O. The number of nitrogens with zero attached hydrogens (tertiary/aromatic N) is 2. The molecule has 10 heteroatoms. The molecular formula is C22H27Cl2N3O4S. The largest absolute Gasteiger partial charge is 0.355 e. The molecule has 7 nitrogen and oxygen atoms in total. The molecule has 0 saturated carbocycles. The molecular weight excluding hydrogens is 473 g/mol. The van der Waals surface area contributed by atoms with Crippen LogP contribution < -0.4 is 9.62 Å². The second-order valence-corrected chi connectivity index (χ2v) is 10.2. The van der Waals surface area contributed by atoms with Crippen LogP contribution in [0.25, 0.3) is 0 Å². The summed E-state index contributed by atoms with van der Waals surface area (Å²) in [6.07, 6.45) is 1.00. The van der Waals surface area contributed by atoms with Crippen LogP contribution in [0.2, 0.25) is 10.0 Å². The van der Waals surface area contributed by atoms with E-state index in [1.54, 1.807) is 13.8 Å². The molecule has 1 atom stereocenters. The summed E-state index contributed by atoms with van der Waals surface area (Å²) in [5.74, 6) is -0.851. The number of carbonyl (C=O) groups is 2. The summed E-state index contributed by atoms with van der Waals surface area (Å²) in [6, 6.07) is 11.1. The number of aryl methyl sites for hydroxylation is 1. The van der Waals surface area contributed by atoms with Gasteiger partial charge in [0.1, 0.15) is 12.6 Å². The van der Waals surface area contributed by atoms with E-state index in [1.165, 1.54) is 23.1 Å². The number of anilines is 1. The van der Waals surface area contributed by atoms with Crippen molar-refractivity contribution < 1.29 is 18.0 Å². The van der Waals surface area contributed by atoms with Gasteiger partial charge in [0.15, 0.2) is 0 Å². The summed E-state index contributed by atoms with van der Waals surface area (Å²) < 4.78 is 25.9. The summed E-state index contributed by atoms with van der Waals surface area (Å²) in [4.78, 5) is 27.2. The van der Waals surface area contributed by atoms with Gasteiger partial charge in [0.2, 0.25) is 21.8 Å². The highest BCUT2D eigenvalue weighted by molar-refractivity contribution is 7.92. The highest BCUT2D eigenvalue weighted by Crippen LogP contribution is 2.28. The van der Waals surface area contributed by atoms with Crippen molar-refractivity contribution in [1.29, 1.82) is 0 Å². The van der Waals surface area contributed by atoms with Crippen molar-refractivity contribution in [1.82, 2.24) is 10.2 Å². The third kappa shape index (κ3) is 6.85. The van der Waals surface area contributed by atoms with Crippen LogP contribution in [-0.2, 0) is 26.2 Å². The van der Waals surface area contributed by atoms with Gasteiger partial charge in [-0.05, 0) is 44.5 Å². The first-order valence-electron chi connectivity index (χ1n) is 9.99. The van der Waals surface area contributed by atoms with Crippen molar-refractivity contribution in [2.24, 2.45) is 0 Å². The van der Waals surface area contributed by atoms with Gasteiger partial charge < -0.3 is 10.2 Å². The van der Waals surface area contributed by atoms with Crippen molar-refractivity contribution in [2.45, 2.75) is 33.4 Å². The van der Waals surface area contributed by atoms with Crippen LogP contribution in [0.3, 0.4) is 0 Å². The van der Waals surface area contributed by atoms with Crippen molar-refractivity contribution >= 4 is 50.7 Å². The lowest BCUT2D eigenvalue weighted by Crippen LogP contribution is -2.51. The first-order valence-corrected chi connectivity index (χ1v) is 12.6. The topological polar surface area (TPSA) is 86.8 Å². The fourth-order valence-electron chi connectivity index (χ4n) is 3.17. The summed E-state index contributed by atoms with van der Waals surface area (Å²) in [7, 11) is -3.83. The van der Waals surface area contributed by atoms with Crippen molar-refractivity contribution in [3.05, 3.63) is 63.6 Å². The van der Waals surface area contributed by atoms with E-state index < -0.39 is 28.5 Å². The molecule has 1 N–H and O–H groups in total. The fourth-order valence-corrected chi connectivity index (χ4v) is 4.30. The highest BCUT2D eigenvalue weighted by atomic mass is 35.5. The number of hydrogen-bond acceptors (Lipinski definition) is 4. The zero-order chi connectivity index (χ0) is 24.1. The smallest absolute Gasteiger partial charge is 0.244 e. The zero-order valence-electron chi connectivity index (χ0n) is 18.4. The molecule has 0 saturated heterocycles. The predicted molar refractivity (Wildman–Crippen MR) is 129 cm³/mol. The average Bonchev–Trinajstić information content (AvgIpc) is 2.71. The van der Waals surface area contributed by atoms with Gasteiger partial charge in [-0.1, -0.05) is 53.0 Å². The van der Waals surface area contributed by atoms with Gasteiger partial charge in [0.25, 0.3) is 0 Å². The van der Waals surface area contributed by atoms with Gasteiger partial charge in [-0.3, -0.25) is 13.9 Å². The minimum Gasteiger partial charge on any atom is -0.355 e. The molecule has 0 radical (unpaired) electrons. The van der Waals surface area contributed by atoms with Crippen molar-refractivity contribution in [3.63, 3.8) is 0 Å². The first kappa shape index (κ1) is 26.0. The van der Waals surface area contributed by atoms with E-state index in [1.807, 2.05) is 31.2 Å². The molecule has 2 aromatic rings. The Morgan fingerprint density at radius 2 is 1.78 bits per heavy atom. The minimum absolute atomic E-state index is 0.151. The van der Waals surface area contributed by atoms with E-state index in [-0.39, 0.29) is 28.2 Å². The standard InChI is InChI=1S/C22H27Cl2N3O4S/c1-5-25-22(29)16(3)26(13-17-8-6-7-15(2)11-17)21(28)14-27(32(4,30)31)18-9-10-19(23)20(24)12-18/h6-12,16H,5,13-14H2,1-4H3,(H,25,29)/t16-/m1/s1. The number of sulfonamides is 1. The monoisotopic (exact) mass is 499 g/mol. The van der Waals surface area contributed by atoms with Crippen molar-refractivity contribution in [3.8, 4) is 0 Å². The zero-order valence-corrected chi connectivity index (χ0v) is 20.8. The van der Waals surface area contributed by atoms with Gasteiger partial charge in [0, 0.05) is 13.1 Å². The lowest BCUT2D eigenvalue weighted by Gasteiger charge is -2.31. The van der Waals surface area contributed by atoms with Crippen LogP contribution in [0, 0.1) is 6.92 Å². The van der Waals surface area contributed by atoms with Gasteiger partial charge in [-0.2, -0.15) is 0 Å². The summed E-state index contributed by atoms with van der Waals surface area (Å²) in [6.45, 7) is 5.40. The molecule has 2 rings (SSSR count). The maximum atomic E-state index is 13.3. The van der Waals surface area contributed by atoms with Gasteiger partial charge in [-0.15, -0.1) is 0 Å². The number of benzene rings is 2. The Morgan fingerprint density at radius 1 is 1.09 bits per heavy atom. The van der Waals surface area contributed by atoms with E-state index in [9.17, 15) is 18.0 Å². The van der Waals surface area contributed by atoms with Gasteiger partial charge in [0.05, 0.1) is 22.0 Å². The number of nitrogens with one attached hydrogen (secondary N) is 1. The highest BCUT2D eigenvalue weighted by Gasteiger charge is 2.30. The molecule has 174 valence electrons. The predicted octanol–water partition coefficient (Wildman–Crippen LogP) is 3.62. The van der Waals surface area contributed by atoms with Crippen LogP contribution in [0.15, 0.2) is 42.5 Å². The number of halogens is 2. The Balaban J connectivity index is 2.40. The summed E-state index contributed by atoms with van der Waals surface area (Å²) in [5.41, 5.74) is 2.04. The molecule has 2 amide bonds. The Hall–Kier alpha value is -2.29. The van der Waals surface area contributed by atoms with Crippen LogP contribution in [0.1, 0.15) is 25.0 Å². The van der Waals surface area contributed by atoms with Crippen molar-refractivity contribution in [2.75, 3.05) is 23.7 Å². The van der Waals surface area contributed by atoms with E-state index in [0.717, 1.165) is 21.7 Å². The molecule has 0 heterocycles. The van der Waals surface area contributed by atoms with Crippen LogP contribution >= 0.6 is 23.2 Å². The average molecular weight is 500 g/mol. The molecule has 0 aliphatic heterocycles. The lowest BCUT2D eigenvalue weighted by atomic mass is 10.1. The molecule has 2 aromatic carbocycles. The lowest BCUT2D eigenvalue weighted by molar-refractivity contribution is -0.139. The number of rotatable bonds is 9. The molecule has 0 unspecified atom stereocenters. The van der Waals surface area contributed by atoms with Gasteiger partial charge in [-0.25, -0.2) is 8.42 Å². The minimum atomic E-state index is -3.83. The molecule has 0 aliphatic carbocycles. The fraction of sp³-hybridized carbons (Fsp3) is 0.364. The van der Waals surface area contributed by atoms with E-state index in [2.05, 4.69) is 5.32 Å². The maximum Gasteiger partial charge on any atom is 0.244 e. The maximum absolute atomic E-state index is 13.3.